The third kappa shape index (κ3) is 7.69. The Morgan fingerprint density at radius 1 is 1.26 bits per heavy atom. The Balaban J connectivity index is 0.00000324. The van der Waals surface area contributed by atoms with E-state index in [9.17, 15) is 18.0 Å². The smallest absolute Gasteiger partial charge is 0.422 e. The average Bonchev–Trinajstić information content (AvgIpc) is 2.33. The van der Waals surface area contributed by atoms with E-state index in [4.69, 9.17) is 5.73 Å². The Labute approximate surface area is 115 Å². The van der Waals surface area contributed by atoms with Gasteiger partial charge in [0.05, 0.1) is 0 Å². The maximum absolute atomic E-state index is 11.8. The zero-order valence-electron chi connectivity index (χ0n) is 10.0. The maximum Gasteiger partial charge on any atom is 0.422 e. The van der Waals surface area contributed by atoms with Crippen molar-refractivity contribution in [2.75, 3.05) is 6.61 Å². The van der Waals surface area contributed by atoms with Crippen molar-refractivity contribution in [1.82, 2.24) is 0 Å². The number of rotatable bonds is 5. The SMILES string of the molecule is Cl.N[C@@H](CCc1ccccc1)C(=O)OCC(F)(F)F. The van der Waals surface area contributed by atoms with Crippen molar-refractivity contribution < 1.29 is 22.7 Å². The predicted octanol–water partition coefficient (Wildman–Crippen LogP) is 2.47. The first kappa shape index (κ1) is 17.7. The third-order valence-electron chi connectivity index (χ3n) is 2.27. The lowest BCUT2D eigenvalue weighted by Gasteiger charge is -2.12. The molecule has 0 aromatic heterocycles. The van der Waals surface area contributed by atoms with Crippen LogP contribution in [0.25, 0.3) is 0 Å². The van der Waals surface area contributed by atoms with Crippen LogP contribution in [0.1, 0.15) is 12.0 Å². The van der Waals surface area contributed by atoms with Gasteiger partial charge in [-0.05, 0) is 18.4 Å². The monoisotopic (exact) mass is 297 g/mol. The molecule has 0 saturated carbocycles. The average molecular weight is 298 g/mol. The number of esters is 1. The first-order chi connectivity index (χ1) is 8.38. The molecule has 1 rings (SSSR count). The number of hydrogen-bond acceptors (Lipinski definition) is 3. The van der Waals surface area contributed by atoms with Crippen LogP contribution in [-0.2, 0) is 16.0 Å². The van der Waals surface area contributed by atoms with Gasteiger partial charge in [0.15, 0.2) is 6.61 Å². The summed E-state index contributed by atoms with van der Waals surface area (Å²) in [6.45, 7) is -1.59. The Bertz CT molecular complexity index is 384. The topological polar surface area (TPSA) is 52.3 Å². The van der Waals surface area contributed by atoms with Gasteiger partial charge in [0.1, 0.15) is 6.04 Å². The first-order valence-electron chi connectivity index (χ1n) is 5.41. The molecule has 1 aromatic rings. The second-order valence-corrected chi connectivity index (χ2v) is 3.85. The molecule has 0 amide bonds. The second kappa shape index (κ2) is 8.01. The van der Waals surface area contributed by atoms with Gasteiger partial charge < -0.3 is 10.5 Å². The van der Waals surface area contributed by atoms with E-state index in [2.05, 4.69) is 4.74 Å². The zero-order chi connectivity index (χ0) is 13.6. The molecule has 0 saturated heterocycles. The highest BCUT2D eigenvalue weighted by molar-refractivity contribution is 5.85. The standard InChI is InChI=1S/C12H14F3NO2.ClH/c13-12(14,15)8-18-11(17)10(16)7-6-9-4-2-1-3-5-9;/h1-5,10H,6-8,16H2;1H/t10-;/m0./s1. The Kier molecular flexibility index (Phi) is 7.48. The molecule has 1 aromatic carbocycles. The van der Waals surface area contributed by atoms with Gasteiger partial charge in [0.2, 0.25) is 0 Å². The van der Waals surface area contributed by atoms with Crippen LogP contribution in [0.15, 0.2) is 30.3 Å². The summed E-state index contributed by atoms with van der Waals surface area (Å²) in [6.07, 6.45) is -3.75. The lowest BCUT2D eigenvalue weighted by Crippen LogP contribution is -2.35. The van der Waals surface area contributed by atoms with E-state index < -0.39 is 24.8 Å². The molecule has 19 heavy (non-hydrogen) atoms. The zero-order valence-corrected chi connectivity index (χ0v) is 10.8. The van der Waals surface area contributed by atoms with Crippen molar-refractivity contribution >= 4 is 18.4 Å². The molecule has 1 atom stereocenters. The number of ether oxygens (including phenoxy) is 1. The molecule has 0 unspecified atom stereocenters. The minimum absolute atomic E-state index is 0. The van der Waals surface area contributed by atoms with Crippen LogP contribution in [0.3, 0.4) is 0 Å². The molecule has 0 aliphatic carbocycles. The van der Waals surface area contributed by atoms with Gasteiger partial charge in [-0.25, -0.2) is 0 Å². The van der Waals surface area contributed by atoms with Crippen LogP contribution >= 0.6 is 12.4 Å². The van der Waals surface area contributed by atoms with Gasteiger partial charge in [0.25, 0.3) is 0 Å². The summed E-state index contributed by atoms with van der Waals surface area (Å²) in [5, 5.41) is 0. The van der Waals surface area contributed by atoms with Crippen molar-refractivity contribution in [3.63, 3.8) is 0 Å². The van der Waals surface area contributed by atoms with E-state index >= 15 is 0 Å². The first-order valence-corrected chi connectivity index (χ1v) is 5.41. The predicted molar refractivity (Wildman–Crippen MR) is 67.0 cm³/mol. The van der Waals surface area contributed by atoms with E-state index in [0.29, 0.717) is 6.42 Å². The number of carbonyl (C=O) groups excluding carboxylic acids is 1. The van der Waals surface area contributed by atoms with Crippen molar-refractivity contribution in [2.45, 2.75) is 25.1 Å². The van der Waals surface area contributed by atoms with Crippen LogP contribution in [0.4, 0.5) is 13.2 Å². The Hall–Kier alpha value is -1.27. The number of alkyl halides is 3. The summed E-state index contributed by atoms with van der Waals surface area (Å²) >= 11 is 0. The highest BCUT2D eigenvalue weighted by Gasteiger charge is 2.30. The number of carbonyl (C=O) groups is 1. The molecule has 0 bridgehead atoms. The molecule has 7 heteroatoms. The van der Waals surface area contributed by atoms with Crippen LogP contribution < -0.4 is 5.73 Å². The summed E-state index contributed by atoms with van der Waals surface area (Å²) in [6, 6.07) is 8.20. The fourth-order valence-electron chi connectivity index (χ4n) is 1.34. The van der Waals surface area contributed by atoms with Gasteiger partial charge in [-0.2, -0.15) is 13.2 Å². The summed E-state index contributed by atoms with van der Waals surface area (Å²) in [4.78, 5) is 11.2. The molecule has 0 aliphatic rings. The number of halogens is 4. The largest absolute Gasteiger partial charge is 0.455 e. The highest BCUT2D eigenvalue weighted by atomic mass is 35.5. The molecule has 108 valence electrons. The Morgan fingerprint density at radius 3 is 2.37 bits per heavy atom. The molecular weight excluding hydrogens is 283 g/mol. The number of aryl methyl sites for hydroxylation is 1. The van der Waals surface area contributed by atoms with Crippen LogP contribution in [-0.4, -0.2) is 24.8 Å². The summed E-state index contributed by atoms with van der Waals surface area (Å²) in [7, 11) is 0. The molecular formula is C12H15ClF3NO2. The molecule has 3 nitrogen and oxygen atoms in total. The van der Waals surface area contributed by atoms with Gasteiger partial charge in [-0.3, -0.25) is 4.79 Å². The van der Waals surface area contributed by atoms with Crippen molar-refractivity contribution in [3.8, 4) is 0 Å². The van der Waals surface area contributed by atoms with Crippen molar-refractivity contribution in [2.24, 2.45) is 5.73 Å². The van der Waals surface area contributed by atoms with E-state index in [1.807, 2.05) is 30.3 Å². The quantitative estimate of drug-likeness (QED) is 0.850. The molecule has 0 aliphatic heterocycles. The fourth-order valence-corrected chi connectivity index (χ4v) is 1.34. The van der Waals surface area contributed by atoms with Crippen LogP contribution in [0.2, 0.25) is 0 Å². The Morgan fingerprint density at radius 2 is 1.84 bits per heavy atom. The fraction of sp³-hybridized carbons (Fsp3) is 0.417. The number of benzene rings is 1. The molecule has 2 N–H and O–H groups in total. The van der Waals surface area contributed by atoms with E-state index in [0.717, 1.165) is 5.56 Å². The lowest BCUT2D eigenvalue weighted by atomic mass is 10.1. The van der Waals surface area contributed by atoms with Crippen molar-refractivity contribution in [3.05, 3.63) is 35.9 Å². The van der Waals surface area contributed by atoms with Crippen LogP contribution in [0, 0.1) is 0 Å². The number of hydrogen-bond donors (Lipinski definition) is 1. The minimum Gasteiger partial charge on any atom is -0.455 e. The highest BCUT2D eigenvalue weighted by Crippen LogP contribution is 2.15. The van der Waals surface area contributed by atoms with Gasteiger partial charge >= 0.3 is 12.1 Å². The van der Waals surface area contributed by atoms with Gasteiger partial charge in [-0.15, -0.1) is 12.4 Å². The minimum atomic E-state index is -4.52. The lowest BCUT2D eigenvalue weighted by molar-refractivity contribution is -0.187. The molecule has 0 spiro atoms. The summed E-state index contributed by atoms with van der Waals surface area (Å²) < 4.78 is 39.5. The third-order valence-corrected chi connectivity index (χ3v) is 2.27. The normalized spacial score (nSPS) is 12.4. The summed E-state index contributed by atoms with van der Waals surface area (Å²) in [5.74, 6) is -1.02. The second-order valence-electron chi connectivity index (χ2n) is 3.85. The van der Waals surface area contributed by atoms with Crippen molar-refractivity contribution in [1.29, 1.82) is 0 Å². The summed E-state index contributed by atoms with van der Waals surface area (Å²) in [5.41, 5.74) is 6.42. The number of nitrogens with two attached hydrogens (primary N) is 1. The van der Waals surface area contributed by atoms with Gasteiger partial charge in [0, 0.05) is 0 Å². The van der Waals surface area contributed by atoms with Crippen LogP contribution in [0.5, 0.6) is 0 Å². The molecule has 0 radical (unpaired) electrons. The maximum atomic E-state index is 11.8. The van der Waals surface area contributed by atoms with E-state index in [1.54, 1.807) is 0 Å². The van der Waals surface area contributed by atoms with E-state index in [1.165, 1.54) is 0 Å². The molecule has 0 heterocycles. The molecule has 0 fully saturated rings. The van der Waals surface area contributed by atoms with Gasteiger partial charge in [-0.1, -0.05) is 30.3 Å². The van der Waals surface area contributed by atoms with E-state index in [-0.39, 0.29) is 18.8 Å².